The van der Waals surface area contributed by atoms with Crippen molar-refractivity contribution in [3.05, 3.63) is 101 Å². The second kappa shape index (κ2) is 9.07. The third kappa shape index (κ3) is 4.79. The van der Waals surface area contributed by atoms with Gasteiger partial charge >= 0.3 is 0 Å². The molecule has 5 nitrogen and oxygen atoms in total. The molecule has 154 valence electrons. The fourth-order valence-electron chi connectivity index (χ4n) is 3.12. The lowest BCUT2D eigenvalue weighted by molar-refractivity contribution is -0.131. The number of hydrazine groups is 1. The molecule has 2 heterocycles. The number of pyridine rings is 1. The maximum atomic E-state index is 13.2. The predicted molar refractivity (Wildman–Crippen MR) is 122 cm³/mol. The predicted octanol–water partition coefficient (Wildman–Crippen LogP) is 4.04. The summed E-state index contributed by atoms with van der Waals surface area (Å²) in [6, 6.07) is 19.0. The number of nitrogens with zero attached hydrogens (tertiary/aromatic N) is 2. The van der Waals surface area contributed by atoms with Crippen molar-refractivity contribution in [3.8, 4) is 11.8 Å². The first kappa shape index (κ1) is 20.7. The summed E-state index contributed by atoms with van der Waals surface area (Å²) in [7, 11) is 0. The third-order valence-electron chi connectivity index (χ3n) is 4.89. The highest BCUT2D eigenvalue weighted by Crippen LogP contribution is 2.41. The normalized spacial score (nSPS) is 17.7. The third-order valence-corrected chi connectivity index (χ3v) is 6.22. The Morgan fingerprint density at radius 3 is 2.23 bits per heavy atom. The van der Waals surface area contributed by atoms with Crippen molar-refractivity contribution in [1.82, 2.24) is 15.4 Å². The van der Waals surface area contributed by atoms with Crippen molar-refractivity contribution < 1.29 is 9.59 Å². The Balaban J connectivity index is 1.61. The monoisotopic (exact) mass is 427 g/mol. The van der Waals surface area contributed by atoms with Crippen LogP contribution in [0.4, 0.5) is 0 Å². The van der Waals surface area contributed by atoms with Gasteiger partial charge in [-0.05, 0) is 43.7 Å². The molecule has 0 aliphatic carbocycles. The zero-order valence-electron chi connectivity index (χ0n) is 17.2. The van der Waals surface area contributed by atoms with Gasteiger partial charge in [-0.25, -0.2) is 5.01 Å². The lowest BCUT2D eigenvalue weighted by Crippen LogP contribution is -2.45. The Morgan fingerprint density at radius 1 is 0.968 bits per heavy atom. The van der Waals surface area contributed by atoms with E-state index in [1.165, 1.54) is 16.8 Å². The summed E-state index contributed by atoms with van der Waals surface area (Å²) in [6.07, 6.45) is 3.09. The molecule has 0 spiro atoms. The van der Waals surface area contributed by atoms with Gasteiger partial charge in [0.15, 0.2) is 0 Å². The molecule has 2 unspecified atom stereocenters. The summed E-state index contributed by atoms with van der Waals surface area (Å²) in [6.45, 7) is 4.03. The van der Waals surface area contributed by atoms with Crippen LogP contribution in [0.15, 0.2) is 73.1 Å². The van der Waals surface area contributed by atoms with E-state index in [2.05, 4.69) is 22.3 Å². The van der Waals surface area contributed by atoms with E-state index in [0.717, 1.165) is 22.3 Å². The van der Waals surface area contributed by atoms with Gasteiger partial charge in [-0.15, -0.1) is 11.8 Å². The number of aromatic nitrogens is 1. The van der Waals surface area contributed by atoms with Crippen molar-refractivity contribution in [3.63, 3.8) is 0 Å². The largest absolute Gasteiger partial charge is 0.271 e. The van der Waals surface area contributed by atoms with Gasteiger partial charge in [-0.3, -0.25) is 20.0 Å². The molecule has 1 N–H and O–H groups in total. The molecule has 2 aromatic carbocycles. The van der Waals surface area contributed by atoms with Crippen LogP contribution in [0.2, 0.25) is 0 Å². The quantitative estimate of drug-likeness (QED) is 0.641. The Hall–Kier alpha value is -3.56. The van der Waals surface area contributed by atoms with Gasteiger partial charge in [0.2, 0.25) is 0 Å². The van der Waals surface area contributed by atoms with Gasteiger partial charge in [0.1, 0.15) is 10.6 Å². The van der Waals surface area contributed by atoms with Crippen LogP contribution in [0, 0.1) is 25.7 Å². The van der Waals surface area contributed by atoms with Crippen LogP contribution in [0.25, 0.3) is 0 Å². The molecule has 0 saturated carbocycles. The highest BCUT2D eigenvalue weighted by Gasteiger charge is 2.41. The van der Waals surface area contributed by atoms with E-state index in [0.29, 0.717) is 5.56 Å². The van der Waals surface area contributed by atoms with Gasteiger partial charge in [-0.1, -0.05) is 59.4 Å². The summed E-state index contributed by atoms with van der Waals surface area (Å²) >= 11 is 1.42. The molecule has 6 heteroatoms. The van der Waals surface area contributed by atoms with E-state index < -0.39 is 5.25 Å². The Labute approximate surface area is 185 Å². The van der Waals surface area contributed by atoms with Gasteiger partial charge < -0.3 is 0 Å². The van der Waals surface area contributed by atoms with E-state index in [1.54, 1.807) is 24.5 Å². The van der Waals surface area contributed by atoms with Crippen LogP contribution >= 0.6 is 11.8 Å². The number of benzene rings is 2. The summed E-state index contributed by atoms with van der Waals surface area (Å²) in [5.41, 5.74) is 7.27. The smallest absolute Gasteiger partial charge is 0.270 e. The van der Waals surface area contributed by atoms with Crippen LogP contribution in [0.3, 0.4) is 0 Å². The van der Waals surface area contributed by atoms with Crippen molar-refractivity contribution in [1.29, 1.82) is 0 Å². The molecule has 1 aliphatic heterocycles. The molecular formula is C25H21N3O2S. The number of rotatable bonds is 3. The zero-order chi connectivity index (χ0) is 21.8. The Bertz CT molecular complexity index is 1150. The molecule has 3 aromatic rings. The maximum Gasteiger partial charge on any atom is 0.270 e. The second-order valence-corrected chi connectivity index (χ2v) is 8.49. The van der Waals surface area contributed by atoms with E-state index >= 15 is 0 Å². The van der Waals surface area contributed by atoms with Crippen LogP contribution in [-0.2, 0) is 4.79 Å². The number of hydrogen-bond donors (Lipinski definition) is 1. The molecule has 1 saturated heterocycles. The highest BCUT2D eigenvalue weighted by molar-refractivity contribution is 8.01. The molecular weight excluding hydrogens is 406 g/mol. The molecule has 2 amide bonds. The molecule has 2 atom stereocenters. The van der Waals surface area contributed by atoms with E-state index in [-0.39, 0.29) is 17.2 Å². The van der Waals surface area contributed by atoms with Gasteiger partial charge in [0.05, 0.1) is 0 Å². The number of carbonyl (C=O) groups excluding carboxylic acids is 2. The minimum atomic E-state index is -0.578. The summed E-state index contributed by atoms with van der Waals surface area (Å²) in [5.74, 6) is 5.57. The van der Waals surface area contributed by atoms with Gasteiger partial charge in [-0.2, -0.15) is 0 Å². The maximum absolute atomic E-state index is 13.2. The fourth-order valence-corrected chi connectivity index (χ4v) is 4.33. The number of nitrogens with one attached hydrogen (secondary N) is 1. The lowest BCUT2D eigenvalue weighted by atomic mass is 10.1. The van der Waals surface area contributed by atoms with Crippen LogP contribution in [0.1, 0.15) is 38.0 Å². The van der Waals surface area contributed by atoms with Crippen molar-refractivity contribution in [2.45, 2.75) is 24.5 Å². The number of carbonyl (C=O) groups is 2. The molecule has 31 heavy (non-hydrogen) atoms. The minimum absolute atomic E-state index is 0.238. The summed E-state index contributed by atoms with van der Waals surface area (Å²) in [4.78, 5) is 29.8. The lowest BCUT2D eigenvalue weighted by Gasteiger charge is -2.24. The number of amides is 2. The Morgan fingerprint density at radius 2 is 1.58 bits per heavy atom. The van der Waals surface area contributed by atoms with Gasteiger partial charge in [0, 0.05) is 23.5 Å². The number of aryl methyl sites for hydroxylation is 2. The van der Waals surface area contributed by atoms with Crippen LogP contribution in [-0.4, -0.2) is 27.1 Å². The molecule has 0 bridgehead atoms. The van der Waals surface area contributed by atoms with E-state index in [9.17, 15) is 9.59 Å². The first-order chi connectivity index (χ1) is 15.0. The molecule has 1 aromatic heterocycles. The van der Waals surface area contributed by atoms with Crippen molar-refractivity contribution in [2.75, 3.05) is 0 Å². The zero-order valence-corrected chi connectivity index (χ0v) is 18.0. The summed E-state index contributed by atoms with van der Waals surface area (Å²) in [5, 5.41) is 0.452. The van der Waals surface area contributed by atoms with Crippen molar-refractivity contribution >= 4 is 23.6 Å². The molecule has 0 radical (unpaired) electrons. The molecule has 1 fully saturated rings. The van der Waals surface area contributed by atoms with E-state index in [1.807, 2.05) is 62.4 Å². The van der Waals surface area contributed by atoms with Crippen LogP contribution in [0.5, 0.6) is 0 Å². The first-order valence-electron chi connectivity index (χ1n) is 9.85. The topological polar surface area (TPSA) is 62.3 Å². The standard InChI is InChI=1S/C25H21N3O2S/c1-17-3-7-19(8-4-17)9-12-22-24(30)28(27-23(29)20-13-15-26-16-14-20)25(31-22)21-10-5-18(2)6-11-21/h3-8,10-11,13-16,22,25H,1-2H3,(H,27,29). The van der Waals surface area contributed by atoms with E-state index in [4.69, 9.17) is 0 Å². The molecule has 4 rings (SSSR count). The first-order valence-corrected chi connectivity index (χ1v) is 10.8. The fraction of sp³-hybridized carbons (Fsp3) is 0.160. The molecule has 1 aliphatic rings. The summed E-state index contributed by atoms with van der Waals surface area (Å²) < 4.78 is 0. The Kier molecular flexibility index (Phi) is 6.06. The average Bonchev–Trinajstić information content (AvgIpc) is 3.10. The van der Waals surface area contributed by atoms with Crippen LogP contribution < -0.4 is 5.43 Å². The second-order valence-electron chi connectivity index (χ2n) is 7.30. The van der Waals surface area contributed by atoms with Gasteiger partial charge in [0.25, 0.3) is 11.8 Å². The number of thioether (sulfide) groups is 1. The minimum Gasteiger partial charge on any atom is -0.271 e. The highest BCUT2D eigenvalue weighted by atomic mass is 32.2. The number of hydrogen-bond acceptors (Lipinski definition) is 4. The SMILES string of the molecule is Cc1ccc(C#CC2SC(c3ccc(C)cc3)N(NC(=O)c3ccncc3)C2=O)cc1. The van der Waals surface area contributed by atoms with Crippen molar-refractivity contribution in [2.24, 2.45) is 0 Å². The average molecular weight is 428 g/mol.